The first-order chi connectivity index (χ1) is 32.0. The molecule has 0 fully saturated rings. The monoisotopic (exact) mass is 1020 g/mol. The Bertz CT molecular complexity index is 3010. The highest BCUT2D eigenvalue weighted by atomic mass is 35.5. The summed E-state index contributed by atoms with van der Waals surface area (Å²) in [5.41, 5.74) is 13.0. The largest absolute Gasteiger partial charge is 0.288 e. The Kier molecular flexibility index (Phi) is 14.2. The zero-order valence-corrected chi connectivity index (χ0v) is 45.3. The lowest BCUT2D eigenvalue weighted by atomic mass is 9.82. The molecule has 0 saturated heterocycles. The van der Waals surface area contributed by atoms with E-state index in [0.29, 0.717) is 33.7 Å². The van der Waals surface area contributed by atoms with Crippen LogP contribution in [-0.2, 0) is 12.8 Å². The van der Waals surface area contributed by atoms with E-state index in [1.165, 1.54) is 91.4 Å². The second-order valence-corrected chi connectivity index (χ2v) is 24.0. The van der Waals surface area contributed by atoms with Crippen molar-refractivity contribution < 1.29 is 19.2 Å². The quantitative estimate of drug-likeness (QED) is 0.137. The molecule has 2 aliphatic rings. The Morgan fingerprint density at radius 3 is 0.838 bits per heavy atom. The molecule has 0 unspecified atom stereocenters. The number of thiophene rings is 2. The zero-order chi connectivity index (χ0) is 49.5. The Balaban J connectivity index is 1.54. The third-order valence-electron chi connectivity index (χ3n) is 13.6. The molecule has 4 aromatic carbocycles. The number of carbonyl (C=O) groups is 4. The molecule has 0 saturated carbocycles. The maximum absolute atomic E-state index is 14.4. The van der Waals surface area contributed by atoms with Crippen molar-refractivity contribution in [1.82, 2.24) is 0 Å². The van der Waals surface area contributed by atoms with Gasteiger partial charge in [-0.15, -0.1) is 22.7 Å². The Morgan fingerprint density at radius 1 is 0.368 bits per heavy atom. The van der Waals surface area contributed by atoms with Crippen LogP contribution in [0, 0.1) is 9.06 Å². The number of fused-ring (bicyclic) bond motifs is 2. The number of ketones is 4. The van der Waals surface area contributed by atoms with Crippen molar-refractivity contribution in [2.24, 2.45) is 0 Å². The lowest BCUT2D eigenvalue weighted by Gasteiger charge is -2.23. The molecule has 0 N–H and O–H groups in total. The van der Waals surface area contributed by atoms with E-state index in [1.54, 1.807) is 0 Å². The van der Waals surface area contributed by atoms with Crippen LogP contribution in [0.25, 0.3) is 11.1 Å². The number of Topliss-reactive ketones (excluding diaryl/α,β-unsaturated/α-hetero) is 4. The number of hydrogen-bond acceptors (Lipinski definition) is 6. The van der Waals surface area contributed by atoms with Crippen molar-refractivity contribution in [2.75, 3.05) is 0 Å². The second-order valence-electron chi connectivity index (χ2n) is 20.3. The summed E-state index contributed by atoms with van der Waals surface area (Å²) in [6.45, 7) is 26.7. The lowest BCUT2D eigenvalue weighted by molar-refractivity contribution is 0.101. The van der Waals surface area contributed by atoms with Crippen LogP contribution in [0.4, 0.5) is 0 Å². The minimum atomic E-state index is -0.400. The first kappa shape index (κ1) is 50.3. The van der Waals surface area contributed by atoms with Gasteiger partial charge < -0.3 is 0 Å². The summed E-state index contributed by atoms with van der Waals surface area (Å²) >= 11 is 28.6. The lowest BCUT2D eigenvalue weighted by Crippen LogP contribution is -2.11. The number of halogens is 4. The van der Waals surface area contributed by atoms with Crippen LogP contribution in [0.1, 0.15) is 216 Å². The van der Waals surface area contributed by atoms with E-state index in [4.69, 9.17) is 46.4 Å². The van der Waals surface area contributed by atoms with Crippen molar-refractivity contribution in [3.8, 4) is 0 Å². The average Bonchev–Trinajstić information content (AvgIpc) is 3.98. The number of carbonyl (C=O) groups excluding carboxylic acids is 4. The molecule has 0 amide bonds. The highest BCUT2D eigenvalue weighted by Gasteiger charge is 2.37. The summed E-state index contributed by atoms with van der Waals surface area (Å²) in [6, 6.07) is 19.3. The van der Waals surface area contributed by atoms with Crippen LogP contribution in [0.5, 0.6) is 0 Å². The van der Waals surface area contributed by atoms with Crippen LogP contribution >= 0.6 is 69.1 Å². The summed E-state index contributed by atoms with van der Waals surface area (Å²) in [7, 11) is 0. The van der Waals surface area contributed by atoms with E-state index in [0.717, 1.165) is 20.2 Å². The normalized spacial score (nSPS) is 14.5. The third kappa shape index (κ3) is 8.97. The minimum Gasteiger partial charge on any atom is -0.288 e. The highest BCUT2D eigenvalue weighted by molar-refractivity contribution is 7.12. The zero-order valence-electron chi connectivity index (χ0n) is 40.6. The predicted octanol–water partition coefficient (Wildman–Crippen LogP) is 16.1. The van der Waals surface area contributed by atoms with Crippen molar-refractivity contribution >= 4 is 103 Å². The molecule has 0 atom stereocenters. The van der Waals surface area contributed by atoms with Gasteiger partial charge in [0.1, 0.15) is 0 Å². The number of hydrogen-bond donors (Lipinski definition) is 0. The fourth-order valence-electron chi connectivity index (χ4n) is 9.79. The standard InChI is InChI=1S/C58H56Cl4O4S2/c1-25(2)31-13-35(27(5)6)39(36(14-31)28(7)8)17-33-19-49(51-53(63)41-21-45(59)46(60)22-42(41)54(51)64)67-57(33)58-34(18-40-37(29(9)10)15-32(26(3)4)16-38(40)30(11)12)20-50(68-58)52-55(65)43-23-47(61)48(62)24-44(43)56(52)66/h13-16,19-30H,17-18H2,1-12H3/b58-57+. The van der Waals surface area contributed by atoms with Gasteiger partial charge in [-0.3, -0.25) is 19.2 Å². The van der Waals surface area contributed by atoms with E-state index in [1.807, 2.05) is 12.1 Å². The van der Waals surface area contributed by atoms with Gasteiger partial charge in [-0.2, -0.15) is 0 Å². The Hall–Kier alpha value is -4.14. The fraction of sp³-hybridized carbons (Fsp3) is 0.345. The van der Waals surface area contributed by atoms with Gasteiger partial charge in [0.15, 0.2) is 23.1 Å². The van der Waals surface area contributed by atoms with E-state index < -0.39 is 23.1 Å². The van der Waals surface area contributed by atoms with Crippen LogP contribution < -0.4 is 9.06 Å². The summed E-state index contributed by atoms with van der Waals surface area (Å²) in [5, 5.41) is 0.802. The molecule has 68 heavy (non-hydrogen) atoms. The smallest absolute Gasteiger partial charge is 0.199 e. The molecule has 352 valence electrons. The molecule has 0 radical (unpaired) electrons. The Labute approximate surface area is 427 Å². The van der Waals surface area contributed by atoms with Gasteiger partial charge in [-0.05, 0) is 140 Å². The van der Waals surface area contributed by atoms with Crippen molar-refractivity contribution in [1.29, 1.82) is 0 Å². The summed E-state index contributed by atoms with van der Waals surface area (Å²) in [6.07, 6.45) is 1.04. The third-order valence-corrected chi connectivity index (χ3v) is 17.6. The topological polar surface area (TPSA) is 68.3 Å². The average molecular weight is 1020 g/mol. The van der Waals surface area contributed by atoms with Crippen molar-refractivity contribution in [2.45, 2.75) is 131 Å². The van der Waals surface area contributed by atoms with Gasteiger partial charge in [0, 0.05) is 40.4 Å². The maximum Gasteiger partial charge on any atom is 0.199 e. The van der Waals surface area contributed by atoms with Gasteiger partial charge in [-0.1, -0.05) is 154 Å². The highest BCUT2D eigenvalue weighted by Crippen LogP contribution is 2.39. The summed E-state index contributed by atoms with van der Waals surface area (Å²) in [5.74, 6) is -0.114. The van der Waals surface area contributed by atoms with E-state index in [-0.39, 0.29) is 77.2 Å². The molecular weight excluding hydrogens is 967 g/mol. The minimum absolute atomic E-state index is 0.0747. The maximum atomic E-state index is 14.4. The van der Waals surface area contributed by atoms with Gasteiger partial charge in [0.25, 0.3) is 0 Å². The first-order valence-corrected chi connectivity index (χ1v) is 26.6. The second kappa shape index (κ2) is 19.2. The van der Waals surface area contributed by atoms with Crippen molar-refractivity contribution in [3.63, 3.8) is 0 Å². The molecule has 0 aliphatic heterocycles. The molecule has 0 spiro atoms. The molecule has 10 heteroatoms. The SMILES string of the molecule is CC(C)c1cc(C(C)C)c(Cc2cc(=C3C(=O)c4cc(Cl)c(Cl)cc4C3=O)s/c2=c2/sc(=C3C(=O)c4cc(Cl)c(Cl)cc4C3=O)cc2Cc2c(C(C)C)cc(C(C)C)cc2C(C)C)c(C(C)C)c1. The Morgan fingerprint density at radius 2 is 0.618 bits per heavy atom. The fourth-order valence-corrected chi connectivity index (χ4v) is 13.1. The van der Waals surface area contributed by atoms with E-state index in [9.17, 15) is 19.2 Å². The van der Waals surface area contributed by atoms with Gasteiger partial charge in [-0.25, -0.2) is 0 Å². The van der Waals surface area contributed by atoms with Crippen LogP contribution in [0.2, 0.25) is 20.1 Å². The molecule has 6 aromatic rings. The van der Waals surface area contributed by atoms with E-state index in [2.05, 4.69) is 107 Å². The molecule has 8 rings (SSSR count). The van der Waals surface area contributed by atoms with Crippen LogP contribution in [0.15, 0.2) is 60.7 Å². The van der Waals surface area contributed by atoms with Gasteiger partial charge >= 0.3 is 0 Å². The van der Waals surface area contributed by atoms with Crippen LogP contribution in [0.3, 0.4) is 0 Å². The molecule has 2 heterocycles. The molecule has 4 nitrogen and oxygen atoms in total. The number of benzene rings is 4. The number of rotatable bonds is 10. The summed E-state index contributed by atoms with van der Waals surface area (Å²) < 4.78 is 2.83. The van der Waals surface area contributed by atoms with Gasteiger partial charge in [0.05, 0.1) is 31.2 Å². The molecule has 2 aromatic heterocycles. The predicted molar refractivity (Wildman–Crippen MR) is 286 cm³/mol. The molecular formula is C58H56Cl4O4S2. The van der Waals surface area contributed by atoms with Crippen LogP contribution in [-0.4, -0.2) is 23.1 Å². The van der Waals surface area contributed by atoms with E-state index >= 15 is 0 Å². The van der Waals surface area contributed by atoms with Gasteiger partial charge in [0.2, 0.25) is 0 Å². The van der Waals surface area contributed by atoms with Crippen molar-refractivity contribution in [3.05, 3.63) is 177 Å². The summed E-state index contributed by atoms with van der Waals surface area (Å²) in [4.78, 5) is 57.7. The molecule has 0 bridgehead atoms. The first-order valence-electron chi connectivity index (χ1n) is 23.5. The molecule has 2 aliphatic carbocycles.